The second kappa shape index (κ2) is 4.80. The Morgan fingerprint density at radius 2 is 2.08 bits per heavy atom. The third kappa shape index (κ3) is 2.44. The van der Waals surface area contributed by atoms with E-state index in [0.717, 1.165) is 4.47 Å². The predicted molar refractivity (Wildman–Crippen MR) is 54.0 cm³/mol. The number of hydrogen-bond donors (Lipinski definition) is 1. The molecule has 1 rings (SSSR count). The van der Waals surface area contributed by atoms with Gasteiger partial charge in [-0.05, 0) is 19.1 Å². The highest BCUT2D eigenvalue weighted by atomic mass is 79.9. The zero-order valence-corrected chi connectivity index (χ0v) is 8.95. The lowest BCUT2D eigenvalue weighted by Crippen LogP contribution is -2.08. The monoisotopic (exact) mass is 253 g/mol. The van der Waals surface area contributed by atoms with Gasteiger partial charge in [0.1, 0.15) is 5.82 Å². The van der Waals surface area contributed by atoms with Crippen LogP contribution in [0.3, 0.4) is 0 Å². The molecule has 0 saturated heterocycles. The molecule has 0 radical (unpaired) electrons. The molecule has 0 aromatic heterocycles. The Balaban J connectivity index is 0.00000121. The number of hydrogen-bond acceptors (Lipinski definition) is 1. The Morgan fingerprint density at radius 3 is 2.42 bits per heavy atom. The first-order valence-corrected chi connectivity index (χ1v) is 4.11. The molecule has 4 heteroatoms. The fourth-order valence-electron chi connectivity index (χ4n) is 0.946. The van der Waals surface area contributed by atoms with Gasteiger partial charge in [-0.2, -0.15) is 0 Å². The molecule has 68 valence electrons. The zero-order chi connectivity index (χ0) is 8.43. The molecule has 0 aliphatic rings. The third-order valence-electron chi connectivity index (χ3n) is 1.46. The first kappa shape index (κ1) is 11.9. The quantitative estimate of drug-likeness (QED) is 0.819. The SMILES string of the molecule is C[C@@H](N)c1c(F)cccc1Br.Cl. The molecule has 1 aromatic rings. The van der Waals surface area contributed by atoms with Crippen LogP contribution in [0.5, 0.6) is 0 Å². The highest BCUT2D eigenvalue weighted by Gasteiger charge is 2.09. The largest absolute Gasteiger partial charge is 0.324 e. The van der Waals surface area contributed by atoms with Crippen molar-refractivity contribution in [3.63, 3.8) is 0 Å². The molecule has 0 fully saturated rings. The smallest absolute Gasteiger partial charge is 0.129 e. The van der Waals surface area contributed by atoms with Crippen molar-refractivity contribution in [2.45, 2.75) is 13.0 Å². The van der Waals surface area contributed by atoms with E-state index < -0.39 is 0 Å². The lowest BCUT2D eigenvalue weighted by Gasteiger charge is -2.08. The molecule has 0 aliphatic carbocycles. The van der Waals surface area contributed by atoms with E-state index in [1.54, 1.807) is 19.1 Å². The average Bonchev–Trinajstić information content (AvgIpc) is 1.85. The van der Waals surface area contributed by atoms with Crippen LogP contribution >= 0.6 is 28.3 Å². The summed E-state index contributed by atoms with van der Waals surface area (Å²) in [7, 11) is 0. The van der Waals surface area contributed by atoms with Crippen LogP contribution < -0.4 is 5.73 Å². The predicted octanol–water partition coefficient (Wildman–Crippen LogP) is 3.03. The summed E-state index contributed by atoms with van der Waals surface area (Å²) in [6.45, 7) is 1.75. The van der Waals surface area contributed by atoms with E-state index in [1.165, 1.54) is 6.07 Å². The van der Waals surface area contributed by atoms with E-state index in [4.69, 9.17) is 5.73 Å². The second-order valence-corrected chi connectivity index (χ2v) is 3.28. The Bertz CT molecular complexity index is 245. The second-order valence-electron chi connectivity index (χ2n) is 2.42. The fourth-order valence-corrected chi connectivity index (χ4v) is 1.65. The van der Waals surface area contributed by atoms with Crippen LogP contribution in [0.4, 0.5) is 4.39 Å². The summed E-state index contributed by atoms with van der Waals surface area (Å²) in [5.74, 6) is -0.255. The van der Waals surface area contributed by atoms with E-state index >= 15 is 0 Å². The van der Waals surface area contributed by atoms with Gasteiger partial charge in [0, 0.05) is 16.1 Å². The fraction of sp³-hybridized carbons (Fsp3) is 0.250. The lowest BCUT2D eigenvalue weighted by atomic mass is 10.1. The molecule has 0 amide bonds. The highest BCUT2D eigenvalue weighted by Crippen LogP contribution is 2.24. The zero-order valence-electron chi connectivity index (χ0n) is 6.55. The van der Waals surface area contributed by atoms with Gasteiger partial charge in [-0.3, -0.25) is 0 Å². The van der Waals surface area contributed by atoms with Crippen LogP contribution in [-0.4, -0.2) is 0 Å². The third-order valence-corrected chi connectivity index (χ3v) is 2.15. The van der Waals surface area contributed by atoms with Crippen molar-refractivity contribution in [2.24, 2.45) is 5.73 Å². The van der Waals surface area contributed by atoms with Crippen molar-refractivity contribution in [3.8, 4) is 0 Å². The maximum Gasteiger partial charge on any atom is 0.129 e. The maximum atomic E-state index is 13.0. The molecule has 12 heavy (non-hydrogen) atoms. The number of benzene rings is 1. The summed E-state index contributed by atoms with van der Waals surface area (Å²) in [6.07, 6.45) is 0. The van der Waals surface area contributed by atoms with Gasteiger partial charge in [-0.1, -0.05) is 22.0 Å². The van der Waals surface area contributed by atoms with Gasteiger partial charge in [0.25, 0.3) is 0 Å². The normalized spacial score (nSPS) is 12.0. The minimum Gasteiger partial charge on any atom is -0.324 e. The minimum absolute atomic E-state index is 0. The van der Waals surface area contributed by atoms with E-state index in [9.17, 15) is 4.39 Å². The van der Waals surface area contributed by atoms with Gasteiger partial charge in [-0.15, -0.1) is 12.4 Å². The summed E-state index contributed by atoms with van der Waals surface area (Å²) in [5, 5.41) is 0. The molecule has 1 atom stereocenters. The van der Waals surface area contributed by atoms with Gasteiger partial charge in [0.05, 0.1) is 0 Å². The Morgan fingerprint density at radius 1 is 1.50 bits per heavy atom. The van der Waals surface area contributed by atoms with Crippen LogP contribution in [0.15, 0.2) is 22.7 Å². The molecule has 0 aliphatic heterocycles. The highest BCUT2D eigenvalue weighted by molar-refractivity contribution is 9.10. The summed E-state index contributed by atoms with van der Waals surface area (Å²) in [6, 6.07) is 4.56. The number of halogens is 3. The van der Waals surface area contributed by atoms with Crippen molar-refractivity contribution in [1.29, 1.82) is 0 Å². The summed E-state index contributed by atoms with van der Waals surface area (Å²) < 4.78 is 13.7. The molecule has 2 N–H and O–H groups in total. The summed E-state index contributed by atoms with van der Waals surface area (Å²) >= 11 is 3.23. The standard InChI is InChI=1S/C8H9BrFN.ClH/c1-5(11)8-6(9)3-2-4-7(8)10;/h2-5H,11H2,1H3;1H/t5-;/m1./s1. The Kier molecular flexibility index (Phi) is 4.75. The molecular weight excluding hydrogens is 244 g/mol. The van der Waals surface area contributed by atoms with Crippen molar-refractivity contribution in [3.05, 3.63) is 34.1 Å². The molecule has 0 spiro atoms. The van der Waals surface area contributed by atoms with E-state index in [1.807, 2.05) is 0 Å². The Hall–Kier alpha value is -0.120. The van der Waals surface area contributed by atoms with Crippen molar-refractivity contribution in [1.82, 2.24) is 0 Å². The minimum atomic E-state index is -0.273. The van der Waals surface area contributed by atoms with Gasteiger partial charge >= 0.3 is 0 Å². The summed E-state index contributed by atoms with van der Waals surface area (Å²) in [5.41, 5.74) is 6.08. The topological polar surface area (TPSA) is 26.0 Å². The first-order valence-electron chi connectivity index (χ1n) is 3.32. The molecule has 0 unspecified atom stereocenters. The van der Waals surface area contributed by atoms with Crippen molar-refractivity contribution < 1.29 is 4.39 Å². The summed E-state index contributed by atoms with van der Waals surface area (Å²) in [4.78, 5) is 0. The molecule has 1 aromatic carbocycles. The number of rotatable bonds is 1. The van der Waals surface area contributed by atoms with Crippen LogP contribution in [0.1, 0.15) is 18.5 Å². The molecular formula is C8H10BrClFN. The van der Waals surface area contributed by atoms with Gasteiger partial charge < -0.3 is 5.73 Å². The van der Waals surface area contributed by atoms with E-state index in [0.29, 0.717) is 5.56 Å². The first-order chi connectivity index (χ1) is 5.13. The van der Waals surface area contributed by atoms with Crippen molar-refractivity contribution in [2.75, 3.05) is 0 Å². The number of nitrogens with two attached hydrogens (primary N) is 1. The molecule has 0 saturated carbocycles. The van der Waals surface area contributed by atoms with Crippen LogP contribution in [0.2, 0.25) is 0 Å². The maximum absolute atomic E-state index is 13.0. The van der Waals surface area contributed by atoms with E-state index in [2.05, 4.69) is 15.9 Å². The van der Waals surface area contributed by atoms with Gasteiger partial charge in [-0.25, -0.2) is 4.39 Å². The van der Waals surface area contributed by atoms with Gasteiger partial charge in [0.15, 0.2) is 0 Å². The molecule has 1 nitrogen and oxygen atoms in total. The van der Waals surface area contributed by atoms with Crippen LogP contribution in [-0.2, 0) is 0 Å². The van der Waals surface area contributed by atoms with Crippen molar-refractivity contribution >= 4 is 28.3 Å². The van der Waals surface area contributed by atoms with Crippen LogP contribution in [0.25, 0.3) is 0 Å². The molecule has 0 heterocycles. The Labute approximate surface area is 85.7 Å². The van der Waals surface area contributed by atoms with Crippen LogP contribution in [0, 0.1) is 5.82 Å². The average molecular weight is 255 g/mol. The van der Waals surface area contributed by atoms with Gasteiger partial charge in [0.2, 0.25) is 0 Å². The molecule has 0 bridgehead atoms. The lowest BCUT2D eigenvalue weighted by molar-refractivity contribution is 0.592. The van der Waals surface area contributed by atoms with E-state index in [-0.39, 0.29) is 24.3 Å².